The molecule has 1 atom stereocenters. The van der Waals surface area contributed by atoms with E-state index in [4.69, 9.17) is 9.41 Å². The van der Waals surface area contributed by atoms with E-state index in [9.17, 15) is 0 Å². The molecule has 176 valence electrons. The predicted molar refractivity (Wildman–Crippen MR) is 145 cm³/mol. The molecule has 0 radical (unpaired) electrons. The van der Waals surface area contributed by atoms with Gasteiger partial charge >= 0.3 is 0 Å². The molecule has 2 aromatic heterocycles. The van der Waals surface area contributed by atoms with Crippen LogP contribution in [0, 0.1) is 6.92 Å². The number of halogens is 1. The standard InChI is InChI=1S/C26H33N5O.HI/c1-20-8-6-12-25(28-20)31-17-14-23(15-18-31)30-26(27-16-13-24-11-7-19-32-24)29-21(2)22-9-4-3-5-10-22;/h3-12,19,21,23H,13-18H2,1-2H3,(H2,27,29,30);1H. The number of nitrogens with zero attached hydrogens (tertiary/aromatic N) is 3. The Morgan fingerprint density at radius 1 is 1.09 bits per heavy atom. The first-order valence-electron chi connectivity index (χ1n) is 11.5. The molecular weight excluding hydrogens is 525 g/mol. The first-order chi connectivity index (χ1) is 15.7. The molecule has 1 saturated heterocycles. The van der Waals surface area contributed by atoms with Gasteiger partial charge in [0.05, 0.1) is 12.3 Å². The maximum Gasteiger partial charge on any atom is 0.191 e. The number of guanidine groups is 1. The summed E-state index contributed by atoms with van der Waals surface area (Å²) in [4.78, 5) is 11.9. The molecule has 3 aromatic rings. The number of nitrogens with one attached hydrogen (secondary N) is 2. The van der Waals surface area contributed by atoms with Gasteiger partial charge in [0.2, 0.25) is 0 Å². The summed E-state index contributed by atoms with van der Waals surface area (Å²) in [6, 6.07) is 21.2. The van der Waals surface area contributed by atoms with Gasteiger partial charge in [0, 0.05) is 37.8 Å². The number of anilines is 1. The Morgan fingerprint density at radius 3 is 2.58 bits per heavy atom. The van der Waals surface area contributed by atoms with Gasteiger partial charge in [-0.15, -0.1) is 24.0 Å². The molecule has 3 heterocycles. The van der Waals surface area contributed by atoms with Crippen LogP contribution in [0.1, 0.15) is 42.8 Å². The average molecular weight is 559 g/mol. The lowest BCUT2D eigenvalue weighted by atomic mass is 10.0. The fourth-order valence-electron chi connectivity index (χ4n) is 4.05. The van der Waals surface area contributed by atoms with Crippen LogP contribution in [0.25, 0.3) is 0 Å². The van der Waals surface area contributed by atoms with Crippen LogP contribution in [-0.2, 0) is 6.42 Å². The maximum absolute atomic E-state index is 5.46. The Kier molecular flexibility index (Phi) is 9.60. The molecule has 1 fully saturated rings. The topological polar surface area (TPSA) is 65.7 Å². The summed E-state index contributed by atoms with van der Waals surface area (Å²) in [6.45, 7) is 6.87. The van der Waals surface area contributed by atoms with E-state index in [0.29, 0.717) is 12.6 Å². The molecule has 1 aliphatic heterocycles. The second kappa shape index (κ2) is 12.6. The maximum atomic E-state index is 5.46. The molecule has 6 nitrogen and oxygen atoms in total. The van der Waals surface area contributed by atoms with Crippen molar-refractivity contribution >= 4 is 35.8 Å². The number of rotatable bonds is 7. The Balaban J connectivity index is 0.00000306. The number of pyridine rings is 1. The lowest BCUT2D eigenvalue weighted by Crippen LogP contribution is -2.49. The lowest BCUT2D eigenvalue weighted by molar-refractivity contribution is 0.456. The summed E-state index contributed by atoms with van der Waals surface area (Å²) in [5.74, 6) is 2.90. The molecule has 0 saturated carbocycles. The number of furan rings is 1. The van der Waals surface area contributed by atoms with Gasteiger partial charge in [0.15, 0.2) is 5.96 Å². The molecule has 4 rings (SSSR count). The summed E-state index contributed by atoms with van der Waals surface area (Å²) in [7, 11) is 0. The van der Waals surface area contributed by atoms with Crippen molar-refractivity contribution in [1.82, 2.24) is 15.6 Å². The Labute approximate surface area is 213 Å². The highest BCUT2D eigenvalue weighted by Crippen LogP contribution is 2.18. The molecule has 0 bridgehead atoms. The molecule has 33 heavy (non-hydrogen) atoms. The van der Waals surface area contributed by atoms with Crippen molar-refractivity contribution in [2.75, 3.05) is 24.5 Å². The van der Waals surface area contributed by atoms with Crippen molar-refractivity contribution in [2.45, 2.75) is 45.2 Å². The molecule has 7 heteroatoms. The van der Waals surface area contributed by atoms with Crippen LogP contribution in [-0.4, -0.2) is 36.6 Å². The Bertz CT molecular complexity index is 985. The normalized spacial score (nSPS) is 15.6. The summed E-state index contributed by atoms with van der Waals surface area (Å²) in [6.07, 6.45) is 4.60. The smallest absolute Gasteiger partial charge is 0.191 e. The number of aromatic nitrogens is 1. The van der Waals surface area contributed by atoms with Crippen LogP contribution >= 0.6 is 24.0 Å². The van der Waals surface area contributed by atoms with E-state index in [0.717, 1.165) is 55.6 Å². The highest BCUT2D eigenvalue weighted by molar-refractivity contribution is 14.0. The first kappa shape index (κ1) is 25.1. The highest BCUT2D eigenvalue weighted by atomic mass is 127. The minimum absolute atomic E-state index is 0. The summed E-state index contributed by atoms with van der Waals surface area (Å²) >= 11 is 0. The zero-order valence-corrected chi connectivity index (χ0v) is 21.7. The van der Waals surface area contributed by atoms with Crippen LogP contribution in [0.15, 0.2) is 76.3 Å². The van der Waals surface area contributed by atoms with Crippen molar-refractivity contribution in [2.24, 2.45) is 4.99 Å². The van der Waals surface area contributed by atoms with Crippen LogP contribution in [0.2, 0.25) is 0 Å². The lowest BCUT2D eigenvalue weighted by Gasteiger charge is -2.34. The van der Waals surface area contributed by atoms with Gasteiger partial charge < -0.3 is 20.0 Å². The second-order valence-corrected chi connectivity index (χ2v) is 8.38. The quantitative estimate of drug-likeness (QED) is 0.239. The molecular formula is C26H34IN5O. The number of aliphatic imine (C=N–C) groups is 1. The van der Waals surface area contributed by atoms with Gasteiger partial charge in [-0.05, 0) is 56.5 Å². The third-order valence-corrected chi connectivity index (χ3v) is 5.89. The average Bonchev–Trinajstić information content (AvgIpc) is 3.34. The third kappa shape index (κ3) is 7.48. The van der Waals surface area contributed by atoms with E-state index in [1.54, 1.807) is 6.26 Å². The van der Waals surface area contributed by atoms with E-state index in [1.165, 1.54) is 5.56 Å². The van der Waals surface area contributed by atoms with Crippen LogP contribution in [0.5, 0.6) is 0 Å². The summed E-state index contributed by atoms with van der Waals surface area (Å²) in [5.41, 5.74) is 2.31. The van der Waals surface area contributed by atoms with Gasteiger partial charge in [-0.3, -0.25) is 4.99 Å². The van der Waals surface area contributed by atoms with Gasteiger partial charge in [-0.1, -0.05) is 36.4 Å². The fraction of sp³-hybridized carbons (Fsp3) is 0.385. The van der Waals surface area contributed by atoms with Gasteiger partial charge in [0.25, 0.3) is 0 Å². The number of hydrogen-bond donors (Lipinski definition) is 2. The number of aryl methyl sites for hydroxylation is 1. The Morgan fingerprint density at radius 2 is 1.88 bits per heavy atom. The van der Waals surface area contributed by atoms with E-state index in [1.807, 2.05) is 31.2 Å². The van der Waals surface area contributed by atoms with Gasteiger partial charge in [-0.25, -0.2) is 4.98 Å². The molecule has 0 aliphatic carbocycles. The van der Waals surface area contributed by atoms with E-state index >= 15 is 0 Å². The number of piperidine rings is 1. The van der Waals surface area contributed by atoms with Crippen molar-refractivity contribution in [3.8, 4) is 0 Å². The zero-order valence-electron chi connectivity index (χ0n) is 19.4. The van der Waals surface area contributed by atoms with Gasteiger partial charge in [-0.2, -0.15) is 0 Å². The minimum Gasteiger partial charge on any atom is -0.469 e. The molecule has 1 aromatic carbocycles. The van der Waals surface area contributed by atoms with Crippen LogP contribution in [0.3, 0.4) is 0 Å². The van der Waals surface area contributed by atoms with E-state index < -0.39 is 0 Å². The third-order valence-electron chi connectivity index (χ3n) is 5.89. The van der Waals surface area contributed by atoms with Crippen molar-refractivity contribution < 1.29 is 4.42 Å². The zero-order chi connectivity index (χ0) is 22.2. The van der Waals surface area contributed by atoms with Crippen molar-refractivity contribution in [3.63, 3.8) is 0 Å². The SMILES string of the molecule is Cc1cccc(N2CCC(NC(=NCCc3ccco3)NC(C)c3ccccc3)CC2)n1.I. The highest BCUT2D eigenvalue weighted by Gasteiger charge is 2.21. The van der Waals surface area contributed by atoms with Crippen molar-refractivity contribution in [3.05, 3.63) is 83.9 Å². The minimum atomic E-state index is 0. The fourth-order valence-corrected chi connectivity index (χ4v) is 4.05. The summed E-state index contributed by atoms with van der Waals surface area (Å²) in [5, 5.41) is 7.27. The summed E-state index contributed by atoms with van der Waals surface area (Å²) < 4.78 is 5.46. The number of hydrogen-bond acceptors (Lipinski definition) is 4. The van der Waals surface area contributed by atoms with Crippen molar-refractivity contribution in [1.29, 1.82) is 0 Å². The first-order valence-corrected chi connectivity index (χ1v) is 11.5. The molecule has 1 aliphatic rings. The molecule has 0 spiro atoms. The van der Waals surface area contributed by atoms with Crippen LogP contribution in [0.4, 0.5) is 5.82 Å². The second-order valence-electron chi connectivity index (χ2n) is 8.38. The predicted octanol–water partition coefficient (Wildman–Crippen LogP) is 5.11. The van der Waals surface area contributed by atoms with Gasteiger partial charge in [0.1, 0.15) is 11.6 Å². The Hall–Kier alpha value is -2.55. The molecule has 2 N–H and O–H groups in total. The largest absolute Gasteiger partial charge is 0.469 e. The van der Waals surface area contributed by atoms with E-state index in [-0.39, 0.29) is 30.0 Å². The van der Waals surface area contributed by atoms with Crippen LogP contribution < -0.4 is 15.5 Å². The number of benzene rings is 1. The molecule has 0 amide bonds. The molecule has 1 unspecified atom stereocenters. The monoisotopic (exact) mass is 559 g/mol. The van der Waals surface area contributed by atoms with E-state index in [2.05, 4.69) is 63.8 Å².